The molecule has 244 valence electrons. The van der Waals surface area contributed by atoms with E-state index in [-0.39, 0.29) is 12.1 Å². The van der Waals surface area contributed by atoms with E-state index >= 15 is 0 Å². The largest absolute Gasteiger partial charge is 0.495 e. The maximum absolute atomic E-state index is 14.8. The van der Waals surface area contributed by atoms with Crippen LogP contribution in [0.2, 0.25) is 0 Å². The smallest absolute Gasteiger partial charge is 0.393 e. The van der Waals surface area contributed by atoms with Crippen LogP contribution in [0.25, 0.3) is 10.1 Å². The normalized spacial score (nSPS) is 24.3. The average Bonchev–Trinajstić information content (AvgIpc) is 3.33. The van der Waals surface area contributed by atoms with Gasteiger partial charge in [0.25, 0.3) is 0 Å². The third kappa shape index (κ3) is 7.97. The fourth-order valence-electron chi connectivity index (χ4n) is 6.27. The second kappa shape index (κ2) is 13.9. The molecule has 2 N–H and O–H groups in total. The Morgan fingerprint density at radius 3 is 2.56 bits per heavy atom. The minimum atomic E-state index is -4.41. The van der Waals surface area contributed by atoms with Crippen molar-refractivity contribution in [3.63, 3.8) is 0 Å². The van der Waals surface area contributed by atoms with E-state index in [2.05, 4.69) is 41.5 Å². The topological polar surface area (TPSA) is 56.8 Å². The highest BCUT2D eigenvalue weighted by molar-refractivity contribution is 7.71. The quantitative estimate of drug-likeness (QED) is 0.160. The Hall–Kier alpha value is -2.77. The molecule has 5 rings (SSSR count). The monoisotopic (exact) mass is 664 g/mol. The molecule has 2 atom stereocenters. The van der Waals surface area contributed by atoms with E-state index in [1.54, 1.807) is 25.3 Å². The zero-order valence-corrected chi connectivity index (χ0v) is 27.8. The van der Waals surface area contributed by atoms with Gasteiger partial charge in [-0.1, -0.05) is 24.0 Å². The summed E-state index contributed by atoms with van der Waals surface area (Å²) in [6, 6.07) is 10.7. The number of benzene rings is 2. The maximum atomic E-state index is 14.8. The summed E-state index contributed by atoms with van der Waals surface area (Å²) in [6.07, 6.45) is -2.88. The molecule has 1 unspecified atom stereocenters. The molecule has 6 nitrogen and oxygen atoms in total. The lowest BCUT2D eigenvalue weighted by Gasteiger charge is -2.33. The third-order valence-electron chi connectivity index (χ3n) is 8.88. The Kier molecular flexibility index (Phi) is 10.4. The molecular formula is C33H41F4N4O2PS. The number of ether oxygens (including phenoxy) is 1. The zero-order valence-electron chi connectivity index (χ0n) is 26.1. The number of alkyl halides is 4. The van der Waals surface area contributed by atoms with E-state index in [1.165, 1.54) is 11.3 Å². The second-order valence-electron chi connectivity index (χ2n) is 12.3. The van der Waals surface area contributed by atoms with Crippen LogP contribution in [-0.2, 0) is 11.0 Å². The lowest BCUT2D eigenvalue weighted by Crippen LogP contribution is -2.46. The van der Waals surface area contributed by atoms with Gasteiger partial charge in [-0.25, -0.2) is 4.39 Å². The number of hydrogen-bond donors (Lipinski definition) is 2. The van der Waals surface area contributed by atoms with Gasteiger partial charge in [-0.05, 0) is 75.6 Å². The summed E-state index contributed by atoms with van der Waals surface area (Å²) >= 11 is 1.20. The van der Waals surface area contributed by atoms with E-state index in [4.69, 9.17) is 4.74 Å². The number of rotatable bonds is 8. The molecule has 3 heterocycles. The lowest BCUT2D eigenvalue weighted by atomic mass is 10.0. The van der Waals surface area contributed by atoms with Gasteiger partial charge in [0.05, 0.1) is 47.1 Å². The summed E-state index contributed by atoms with van der Waals surface area (Å²) in [4.78, 5) is 4.46. The Morgan fingerprint density at radius 1 is 1.13 bits per heavy atom. The highest BCUT2D eigenvalue weighted by Crippen LogP contribution is 2.50. The Bertz CT molecular complexity index is 1600. The number of methoxy groups -OCH3 is 1. The minimum Gasteiger partial charge on any atom is -0.495 e. The van der Waals surface area contributed by atoms with Crippen LogP contribution in [0.3, 0.4) is 0 Å². The summed E-state index contributed by atoms with van der Waals surface area (Å²) in [5, 5.41) is 7.76. The van der Waals surface area contributed by atoms with Gasteiger partial charge in [-0.2, -0.15) is 13.2 Å². The van der Waals surface area contributed by atoms with Crippen LogP contribution >= 0.6 is 18.5 Å². The molecular weight excluding hydrogens is 623 g/mol. The van der Waals surface area contributed by atoms with Gasteiger partial charge in [-0.15, -0.1) is 11.3 Å². The molecule has 2 aromatic carbocycles. The standard InChI is InChI=1S/C33H41F4N4O2PS/c1-40(2)22-13-17-44(42,18-14-22)23-10-11-28(30(19-23)43-4)38-15-6-9-31-25(20-33(35,36)37)24-7-5-8-29(32(24)45-31)39-27-12-16-41(3)21-26(27)34/h5,7-8,10-11,19,22,26-27,38-39H,12-18,20-21H2,1-4H3/t22?,26-,27?,44?/m1/s1. The van der Waals surface area contributed by atoms with E-state index in [0.29, 0.717) is 63.4 Å². The molecule has 2 saturated heterocycles. The van der Waals surface area contributed by atoms with Crippen molar-refractivity contribution in [3.05, 3.63) is 46.8 Å². The van der Waals surface area contributed by atoms with Crippen molar-refractivity contribution in [2.45, 2.75) is 50.1 Å². The predicted molar refractivity (Wildman–Crippen MR) is 178 cm³/mol. The number of anilines is 2. The summed E-state index contributed by atoms with van der Waals surface area (Å²) in [5.74, 6) is 6.50. The molecule has 12 heteroatoms. The van der Waals surface area contributed by atoms with Crippen LogP contribution in [0.15, 0.2) is 36.4 Å². The number of fused-ring (bicyclic) bond motifs is 1. The first-order valence-corrected chi connectivity index (χ1v) is 18.1. The van der Waals surface area contributed by atoms with Crippen molar-refractivity contribution < 1.29 is 26.9 Å². The van der Waals surface area contributed by atoms with Crippen LogP contribution in [0.1, 0.15) is 29.7 Å². The summed E-state index contributed by atoms with van der Waals surface area (Å²) in [6.45, 7) is 1.22. The van der Waals surface area contributed by atoms with Gasteiger partial charge in [-0.3, -0.25) is 0 Å². The van der Waals surface area contributed by atoms with Gasteiger partial charge in [0.1, 0.15) is 19.1 Å². The van der Waals surface area contributed by atoms with Gasteiger partial charge in [0, 0.05) is 36.8 Å². The van der Waals surface area contributed by atoms with Crippen molar-refractivity contribution in [1.82, 2.24) is 9.80 Å². The molecule has 0 spiro atoms. The zero-order chi connectivity index (χ0) is 32.4. The van der Waals surface area contributed by atoms with Gasteiger partial charge >= 0.3 is 6.18 Å². The van der Waals surface area contributed by atoms with Crippen molar-refractivity contribution in [3.8, 4) is 17.6 Å². The van der Waals surface area contributed by atoms with Crippen molar-refractivity contribution >= 4 is 45.2 Å². The van der Waals surface area contributed by atoms with Crippen LogP contribution < -0.4 is 20.7 Å². The Balaban J connectivity index is 1.34. The predicted octanol–water partition coefficient (Wildman–Crippen LogP) is 6.64. The van der Waals surface area contributed by atoms with Crippen LogP contribution in [0.4, 0.5) is 28.9 Å². The molecule has 0 amide bonds. The van der Waals surface area contributed by atoms with Crippen LogP contribution in [0.5, 0.6) is 5.75 Å². The van der Waals surface area contributed by atoms with Gasteiger partial charge < -0.3 is 29.7 Å². The number of nitrogens with zero attached hydrogens (tertiary/aromatic N) is 2. The van der Waals surface area contributed by atoms with E-state index < -0.39 is 32.0 Å². The molecule has 0 saturated carbocycles. The average molecular weight is 665 g/mol. The highest BCUT2D eigenvalue weighted by atomic mass is 32.1. The highest BCUT2D eigenvalue weighted by Gasteiger charge is 2.34. The number of thiophene rings is 1. The Labute approximate surface area is 266 Å². The van der Waals surface area contributed by atoms with Crippen molar-refractivity contribution in [2.24, 2.45) is 0 Å². The third-order valence-corrected chi connectivity index (χ3v) is 13.3. The van der Waals surface area contributed by atoms with E-state index in [1.807, 2.05) is 30.1 Å². The molecule has 2 aliphatic rings. The number of halogens is 4. The molecule has 0 bridgehead atoms. The van der Waals surface area contributed by atoms with Crippen molar-refractivity contribution in [1.29, 1.82) is 0 Å². The maximum Gasteiger partial charge on any atom is 0.393 e. The molecule has 2 fully saturated rings. The first kappa shape index (κ1) is 33.6. The molecule has 45 heavy (non-hydrogen) atoms. The minimum absolute atomic E-state index is 0.134. The Morgan fingerprint density at radius 2 is 1.89 bits per heavy atom. The van der Waals surface area contributed by atoms with E-state index in [0.717, 1.165) is 24.7 Å². The van der Waals surface area contributed by atoms with Crippen molar-refractivity contribution in [2.75, 3.05) is 70.8 Å². The van der Waals surface area contributed by atoms with Crippen LogP contribution in [-0.4, -0.2) is 94.4 Å². The molecule has 0 radical (unpaired) electrons. The number of nitrogens with one attached hydrogen (secondary N) is 2. The van der Waals surface area contributed by atoms with Gasteiger partial charge in [0.2, 0.25) is 0 Å². The van der Waals surface area contributed by atoms with Crippen LogP contribution in [0, 0.1) is 11.8 Å². The molecule has 1 aromatic heterocycles. The summed E-state index contributed by atoms with van der Waals surface area (Å²) in [5.41, 5.74) is 1.43. The summed E-state index contributed by atoms with van der Waals surface area (Å²) in [7, 11) is 5.02. The van der Waals surface area contributed by atoms with Gasteiger partial charge in [0.15, 0.2) is 0 Å². The number of likely N-dealkylation sites (tertiary alicyclic amines) is 1. The fraction of sp³-hybridized carbons (Fsp3) is 0.515. The lowest BCUT2D eigenvalue weighted by molar-refractivity contribution is -0.126. The summed E-state index contributed by atoms with van der Waals surface area (Å²) < 4.78 is 75.8. The first-order chi connectivity index (χ1) is 21.4. The SMILES string of the molecule is COc1cc(P2(=O)CCC(N(C)C)CC2)ccc1NCC#Cc1sc2c(NC3CCN(C)C[C@H]3F)cccc2c1CC(F)(F)F. The molecule has 3 aromatic rings. The van der Waals surface area contributed by atoms with E-state index in [9.17, 15) is 22.1 Å². The first-order valence-electron chi connectivity index (χ1n) is 15.2. The number of piperidine rings is 1. The fourth-order valence-corrected chi connectivity index (χ4v) is 10.3. The molecule has 2 aliphatic heterocycles. The number of hydrogen-bond acceptors (Lipinski definition) is 7. The molecule has 0 aliphatic carbocycles. The second-order valence-corrected chi connectivity index (χ2v) is 16.5.